The van der Waals surface area contributed by atoms with Crippen LogP contribution in [0.15, 0.2) is 15.8 Å². The van der Waals surface area contributed by atoms with Gasteiger partial charge in [0.25, 0.3) is 13.4 Å². The second-order valence-corrected chi connectivity index (χ2v) is 12.6. The number of H-pyrrole nitrogens is 1. The van der Waals surface area contributed by atoms with E-state index < -0.39 is 57.6 Å². The molecule has 1 aliphatic rings. The predicted octanol–water partition coefficient (Wildman–Crippen LogP) is -2.39. The maximum atomic E-state index is 11.9. The molecule has 1 aromatic heterocycles. The highest BCUT2D eigenvalue weighted by Gasteiger charge is 2.36. The van der Waals surface area contributed by atoms with Gasteiger partial charge in [0.05, 0.1) is 12.7 Å². The summed E-state index contributed by atoms with van der Waals surface area (Å²) >= 11 is 8.06. The molecule has 1 aromatic rings. The number of aromatic amines is 1. The third-order valence-corrected chi connectivity index (χ3v) is 8.64. The molecule has 0 spiro atoms. The third-order valence-electron chi connectivity index (χ3n) is 3.46. The Morgan fingerprint density at radius 3 is 2.59 bits per heavy atom. The molecule has 0 amide bonds. The van der Waals surface area contributed by atoms with E-state index in [4.69, 9.17) is 4.74 Å². The molecule has 19 heteroatoms. The van der Waals surface area contributed by atoms with Gasteiger partial charge >= 0.3 is 5.69 Å². The Morgan fingerprint density at radius 1 is 1.38 bits per heavy atom. The fourth-order valence-corrected chi connectivity index (χ4v) is 6.80. The van der Waals surface area contributed by atoms with E-state index in [1.807, 2.05) is 0 Å². The molecule has 2 heterocycles. The van der Waals surface area contributed by atoms with Crippen molar-refractivity contribution in [3.63, 3.8) is 0 Å². The summed E-state index contributed by atoms with van der Waals surface area (Å²) in [5.41, 5.74) is -1.19. The zero-order chi connectivity index (χ0) is 22.2. The average Bonchev–Trinajstić information content (AvgIpc) is 2.86. The number of phosphoric acid groups is 1. The molecule has 1 saturated heterocycles. The largest absolute Gasteiger partial charge is 0.812 e. The smallest absolute Gasteiger partial charge is 0.330 e. The molecule has 2 rings (SSSR count). The standard InChI is InChI=1S/C10H17N2O12P3S2/c1-5-3-12(10(15)11-9(5)14)8-2-6(13)7(22-8)4-21-27(20,29)24-25(16,17)23-26(18,19)28/h3,6-8,13H,2,4H2,1H3,(H,16,17)(H,20,29)(H,11,14,15)(H2,18,19,28)/p-4/t6-,7+,8+,27?/m0/s1. The van der Waals surface area contributed by atoms with Crippen LogP contribution in [-0.2, 0) is 51.1 Å². The lowest BCUT2D eigenvalue weighted by molar-refractivity contribution is -0.319. The van der Waals surface area contributed by atoms with E-state index in [1.165, 1.54) is 13.1 Å². The molecule has 0 radical (unpaired) electrons. The summed E-state index contributed by atoms with van der Waals surface area (Å²) in [7, 11) is -5.69. The van der Waals surface area contributed by atoms with Crippen molar-refractivity contribution >= 4 is 45.4 Å². The fourth-order valence-electron chi connectivity index (χ4n) is 2.28. The van der Waals surface area contributed by atoms with Gasteiger partial charge in [-0.15, -0.1) is 11.8 Å². The number of nitrogens with zero attached hydrogens (tertiary/aromatic N) is 1. The van der Waals surface area contributed by atoms with Crippen molar-refractivity contribution < 1.29 is 46.8 Å². The molecule has 1 aliphatic heterocycles. The molecule has 0 bridgehead atoms. The lowest BCUT2D eigenvalue weighted by Gasteiger charge is -2.41. The topological polar surface area (TPSA) is 215 Å². The highest BCUT2D eigenvalue weighted by Crippen LogP contribution is 2.63. The van der Waals surface area contributed by atoms with Crippen molar-refractivity contribution in [1.82, 2.24) is 9.55 Å². The van der Waals surface area contributed by atoms with Crippen LogP contribution in [0, 0.1) is 6.92 Å². The van der Waals surface area contributed by atoms with Crippen LogP contribution >= 0.6 is 21.3 Å². The van der Waals surface area contributed by atoms with E-state index in [2.05, 4.69) is 42.2 Å². The van der Waals surface area contributed by atoms with Crippen LogP contribution in [0.25, 0.3) is 0 Å². The Bertz CT molecular complexity index is 1020. The lowest BCUT2D eigenvalue weighted by atomic mass is 10.2. The number of hydrogen-bond donors (Lipinski definition) is 2. The summed E-state index contributed by atoms with van der Waals surface area (Å²) in [6, 6.07) is 0. The van der Waals surface area contributed by atoms with Gasteiger partial charge in [0.2, 0.25) is 6.80 Å². The Balaban J connectivity index is 2.03. The van der Waals surface area contributed by atoms with E-state index in [0.717, 1.165) is 4.57 Å². The van der Waals surface area contributed by atoms with Crippen molar-refractivity contribution in [3.8, 4) is 0 Å². The highest BCUT2D eigenvalue weighted by atomic mass is 32.7. The summed E-state index contributed by atoms with van der Waals surface area (Å²) in [6.45, 7) is -9.31. The van der Waals surface area contributed by atoms with Crippen LogP contribution in [0.5, 0.6) is 0 Å². The highest BCUT2D eigenvalue weighted by molar-refractivity contribution is 8.33. The van der Waals surface area contributed by atoms with Gasteiger partial charge in [-0.25, -0.2) is 4.79 Å². The zero-order valence-electron chi connectivity index (χ0n) is 14.3. The fraction of sp³-hybridized carbons (Fsp3) is 0.600. The van der Waals surface area contributed by atoms with Crippen molar-refractivity contribution in [2.45, 2.75) is 31.8 Å². The van der Waals surface area contributed by atoms with Gasteiger partial charge in [-0.05, 0) is 6.92 Å². The molecular formula is C10H13N2O12P3S2-4. The molecule has 2 unspecified atom stereocenters. The summed E-state index contributed by atoms with van der Waals surface area (Å²) in [4.78, 5) is 58.1. The Morgan fingerprint density at radius 2 is 2.00 bits per heavy atom. The van der Waals surface area contributed by atoms with E-state index in [-0.39, 0.29) is 12.0 Å². The molecule has 14 nitrogen and oxygen atoms in total. The van der Waals surface area contributed by atoms with Crippen molar-refractivity contribution in [3.05, 3.63) is 32.6 Å². The number of rotatable bonds is 8. The average molecular weight is 510 g/mol. The Labute approximate surface area is 173 Å². The number of aliphatic hydroxyl groups is 1. The first kappa shape index (κ1) is 25.1. The lowest BCUT2D eigenvalue weighted by Crippen LogP contribution is -2.33. The minimum absolute atomic E-state index is 0.125. The SMILES string of the molecule is Cc1cn([C@H]2C[C@H](O)[C@@H](COP(=O)([S-])OP(=O)([O-])OP([O-])([O-])=S)O2)c(=O)[nH]c1=O. The molecule has 166 valence electrons. The minimum Gasteiger partial charge on any atom is -0.812 e. The normalized spacial score (nSPS) is 26.8. The monoisotopic (exact) mass is 510 g/mol. The summed E-state index contributed by atoms with van der Waals surface area (Å²) in [5, 5.41) is 10.0. The number of nitrogens with one attached hydrogen (secondary N) is 1. The first-order chi connectivity index (χ1) is 13.1. The first-order valence-electron chi connectivity index (χ1n) is 7.45. The molecule has 1 fully saturated rings. The van der Waals surface area contributed by atoms with E-state index >= 15 is 0 Å². The number of aromatic nitrogens is 2. The Hall–Kier alpha value is -0.180. The molecular weight excluding hydrogens is 497 g/mol. The molecule has 5 atom stereocenters. The summed E-state index contributed by atoms with van der Waals surface area (Å²) in [6.07, 6.45) is -2.40. The third kappa shape index (κ3) is 7.47. The van der Waals surface area contributed by atoms with E-state index in [9.17, 15) is 38.5 Å². The summed E-state index contributed by atoms with van der Waals surface area (Å²) < 4.78 is 41.7. The van der Waals surface area contributed by atoms with Crippen LogP contribution in [0.3, 0.4) is 0 Å². The van der Waals surface area contributed by atoms with Crippen molar-refractivity contribution in [1.29, 1.82) is 0 Å². The van der Waals surface area contributed by atoms with E-state index in [0.29, 0.717) is 0 Å². The predicted molar refractivity (Wildman–Crippen MR) is 95.6 cm³/mol. The summed E-state index contributed by atoms with van der Waals surface area (Å²) in [5.74, 6) is 0. The number of aliphatic hydroxyl groups excluding tert-OH is 1. The number of aryl methyl sites for hydroxylation is 1. The molecule has 0 saturated carbocycles. The maximum Gasteiger partial charge on any atom is 0.330 e. The number of ether oxygens (including phenoxy) is 1. The van der Waals surface area contributed by atoms with Crippen LogP contribution < -0.4 is 25.9 Å². The van der Waals surface area contributed by atoms with Crippen molar-refractivity contribution in [2.24, 2.45) is 0 Å². The molecule has 29 heavy (non-hydrogen) atoms. The quantitative estimate of drug-likeness (QED) is 0.276. The first-order valence-corrected chi connectivity index (χ1v) is 14.0. The van der Waals surface area contributed by atoms with Crippen LogP contribution in [0.1, 0.15) is 18.2 Å². The van der Waals surface area contributed by atoms with Gasteiger partial charge < -0.3 is 45.6 Å². The van der Waals surface area contributed by atoms with Gasteiger partial charge in [0.1, 0.15) is 12.3 Å². The Kier molecular flexibility index (Phi) is 7.90. The van der Waals surface area contributed by atoms with Crippen LogP contribution in [0.2, 0.25) is 0 Å². The van der Waals surface area contributed by atoms with E-state index in [1.54, 1.807) is 0 Å². The van der Waals surface area contributed by atoms with Crippen LogP contribution in [0.4, 0.5) is 0 Å². The van der Waals surface area contributed by atoms with Gasteiger partial charge in [-0.1, -0.05) is 6.72 Å². The van der Waals surface area contributed by atoms with Gasteiger partial charge in [0.15, 0.2) is 0 Å². The van der Waals surface area contributed by atoms with Crippen LogP contribution in [-0.4, -0.2) is 33.5 Å². The minimum atomic E-state index is -5.69. The van der Waals surface area contributed by atoms with Gasteiger partial charge in [-0.3, -0.25) is 27.8 Å². The van der Waals surface area contributed by atoms with Gasteiger partial charge in [0, 0.05) is 18.2 Å². The maximum absolute atomic E-state index is 11.9. The molecule has 0 aromatic carbocycles. The number of hydrogen-bond acceptors (Lipinski definition) is 14. The van der Waals surface area contributed by atoms with Gasteiger partial charge in [-0.2, -0.15) is 0 Å². The second kappa shape index (κ2) is 9.13. The second-order valence-electron chi connectivity index (χ2n) is 5.71. The molecule has 2 N–H and O–H groups in total. The zero-order valence-corrected chi connectivity index (χ0v) is 18.6. The molecule has 0 aliphatic carbocycles. The van der Waals surface area contributed by atoms with Crippen molar-refractivity contribution in [2.75, 3.05) is 6.61 Å².